The molecule has 0 radical (unpaired) electrons. The molecule has 26 heavy (non-hydrogen) atoms. The highest BCUT2D eigenvalue weighted by Gasteiger charge is 2.37. The van der Waals surface area contributed by atoms with Gasteiger partial charge in [-0.05, 0) is 32.4 Å². The molecule has 1 aromatic carbocycles. The Morgan fingerprint density at radius 2 is 2.12 bits per heavy atom. The van der Waals surface area contributed by atoms with E-state index in [4.69, 9.17) is 31.5 Å². The molecule has 0 spiro atoms. The third-order valence-corrected chi connectivity index (χ3v) is 4.12. The van der Waals surface area contributed by atoms with E-state index in [1.165, 1.54) is 12.1 Å². The Hall–Kier alpha value is -2.85. The maximum Gasteiger partial charge on any atom is 0.338 e. The molecule has 3 N–H and O–H groups in total. The van der Waals surface area contributed by atoms with Gasteiger partial charge in [0.25, 0.3) is 0 Å². The molecule has 1 aliphatic rings. The summed E-state index contributed by atoms with van der Waals surface area (Å²) >= 11 is 6.30. The van der Waals surface area contributed by atoms with Crippen LogP contribution in [0.1, 0.15) is 32.3 Å². The molecule has 1 heterocycles. The second kappa shape index (κ2) is 8.02. The number of phenolic OH excluding ortho intramolecular Hbond substituents is 1. The Morgan fingerprint density at radius 1 is 1.42 bits per heavy atom. The van der Waals surface area contributed by atoms with Crippen molar-refractivity contribution in [2.45, 2.75) is 26.7 Å². The standard InChI is InChI=1S/C18H19ClN2O5/c1-4-24-14-6-10(12(19)7-13(14)22)16-11(8-20)17(21)26-9(3)15(16)18(23)25-5-2/h6-7,16,22H,4-5,21H2,1-3H3. The van der Waals surface area contributed by atoms with Crippen molar-refractivity contribution in [2.75, 3.05) is 13.2 Å². The molecule has 7 nitrogen and oxygen atoms in total. The van der Waals surface area contributed by atoms with Crippen LogP contribution in [0.25, 0.3) is 0 Å². The average Bonchev–Trinajstić information content (AvgIpc) is 2.57. The number of carbonyl (C=O) groups excluding carboxylic acids is 1. The maximum absolute atomic E-state index is 12.5. The zero-order valence-corrected chi connectivity index (χ0v) is 15.4. The molecule has 0 aliphatic carbocycles. The van der Waals surface area contributed by atoms with Crippen LogP contribution in [-0.4, -0.2) is 24.3 Å². The van der Waals surface area contributed by atoms with E-state index >= 15 is 0 Å². The van der Waals surface area contributed by atoms with E-state index in [0.29, 0.717) is 12.2 Å². The highest BCUT2D eigenvalue weighted by atomic mass is 35.5. The number of aromatic hydroxyl groups is 1. The first-order chi connectivity index (χ1) is 12.3. The minimum Gasteiger partial charge on any atom is -0.504 e. The minimum atomic E-state index is -0.903. The molecule has 0 fully saturated rings. The van der Waals surface area contributed by atoms with Gasteiger partial charge >= 0.3 is 5.97 Å². The molecular weight excluding hydrogens is 360 g/mol. The van der Waals surface area contributed by atoms with Crippen LogP contribution in [0.3, 0.4) is 0 Å². The Morgan fingerprint density at radius 3 is 2.69 bits per heavy atom. The highest BCUT2D eigenvalue weighted by molar-refractivity contribution is 6.31. The number of hydrogen-bond acceptors (Lipinski definition) is 7. The summed E-state index contributed by atoms with van der Waals surface area (Å²) in [5.41, 5.74) is 6.36. The van der Waals surface area contributed by atoms with Crippen LogP contribution in [0.4, 0.5) is 0 Å². The van der Waals surface area contributed by atoms with Crippen molar-refractivity contribution in [3.63, 3.8) is 0 Å². The van der Waals surface area contributed by atoms with Crippen molar-refractivity contribution >= 4 is 17.6 Å². The zero-order valence-electron chi connectivity index (χ0n) is 14.6. The lowest BCUT2D eigenvalue weighted by Crippen LogP contribution is -2.25. The first kappa shape index (κ1) is 19.5. The van der Waals surface area contributed by atoms with Crippen molar-refractivity contribution in [3.8, 4) is 17.6 Å². The largest absolute Gasteiger partial charge is 0.504 e. The molecule has 8 heteroatoms. The first-order valence-corrected chi connectivity index (χ1v) is 8.34. The monoisotopic (exact) mass is 378 g/mol. The van der Waals surface area contributed by atoms with Gasteiger partial charge in [0.15, 0.2) is 11.5 Å². The Labute approximate surface area is 156 Å². The number of halogens is 1. The van der Waals surface area contributed by atoms with Gasteiger partial charge in [-0.3, -0.25) is 0 Å². The third-order valence-electron chi connectivity index (χ3n) is 3.79. The number of ether oxygens (including phenoxy) is 3. The van der Waals surface area contributed by atoms with Gasteiger partial charge in [0, 0.05) is 11.1 Å². The third kappa shape index (κ3) is 3.55. The van der Waals surface area contributed by atoms with Crippen LogP contribution in [0.5, 0.6) is 11.5 Å². The summed E-state index contributed by atoms with van der Waals surface area (Å²) < 4.78 is 15.8. The smallest absolute Gasteiger partial charge is 0.338 e. The summed E-state index contributed by atoms with van der Waals surface area (Å²) in [4.78, 5) is 12.5. The van der Waals surface area contributed by atoms with Gasteiger partial charge in [-0.2, -0.15) is 5.26 Å². The van der Waals surface area contributed by atoms with Crippen molar-refractivity contribution in [1.82, 2.24) is 0 Å². The summed E-state index contributed by atoms with van der Waals surface area (Å²) in [7, 11) is 0. The molecule has 1 unspecified atom stereocenters. The molecule has 138 valence electrons. The number of benzene rings is 1. The number of nitrogens with two attached hydrogens (primary N) is 1. The fraction of sp³-hybridized carbons (Fsp3) is 0.333. The number of allylic oxidation sites excluding steroid dienone is 2. The van der Waals surface area contributed by atoms with Gasteiger partial charge < -0.3 is 25.1 Å². The highest BCUT2D eigenvalue weighted by Crippen LogP contribution is 2.45. The van der Waals surface area contributed by atoms with Crippen LogP contribution in [0, 0.1) is 11.3 Å². The van der Waals surface area contributed by atoms with E-state index in [9.17, 15) is 15.2 Å². The Bertz CT molecular complexity index is 839. The summed E-state index contributed by atoms with van der Waals surface area (Å²) in [6, 6.07) is 4.74. The topological polar surface area (TPSA) is 115 Å². The Kier molecular flexibility index (Phi) is 6.01. The van der Waals surface area contributed by atoms with Gasteiger partial charge in [0.2, 0.25) is 5.88 Å². The van der Waals surface area contributed by atoms with E-state index in [2.05, 4.69) is 0 Å². The van der Waals surface area contributed by atoms with Gasteiger partial charge in [-0.1, -0.05) is 11.6 Å². The number of nitriles is 1. The molecule has 2 rings (SSSR count). The van der Waals surface area contributed by atoms with Crippen molar-refractivity contribution in [1.29, 1.82) is 5.26 Å². The van der Waals surface area contributed by atoms with Gasteiger partial charge in [0.05, 0.1) is 24.7 Å². The van der Waals surface area contributed by atoms with E-state index in [-0.39, 0.29) is 45.9 Å². The van der Waals surface area contributed by atoms with Gasteiger partial charge in [0.1, 0.15) is 17.4 Å². The van der Waals surface area contributed by atoms with Crippen molar-refractivity contribution in [2.24, 2.45) is 5.73 Å². The summed E-state index contributed by atoms with van der Waals surface area (Å²) in [5, 5.41) is 19.7. The van der Waals surface area contributed by atoms with Crippen LogP contribution < -0.4 is 10.5 Å². The minimum absolute atomic E-state index is 0.0219. The normalized spacial score (nSPS) is 16.8. The van der Waals surface area contributed by atoms with Crippen LogP contribution in [0.15, 0.2) is 34.9 Å². The van der Waals surface area contributed by atoms with Crippen molar-refractivity contribution in [3.05, 3.63) is 45.5 Å². The van der Waals surface area contributed by atoms with Crippen LogP contribution in [-0.2, 0) is 14.3 Å². The van der Waals surface area contributed by atoms with Gasteiger partial charge in [-0.25, -0.2) is 4.79 Å². The van der Waals surface area contributed by atoms with E-state index in [0.717, 1.165) is 0 Å². The van der Waals surface area contributed by atoms with E-state index in [1.807, 2.05) is 6.07 Å². The number of carbonyl (C=O) groups is 1. The molecule has 0 bridgehead atoms. The number of rotatable bonds is 5. The molecular formula is C18H19ClN2O5. The molecule has 1 atom stereocenters. The molecule has 0 aromatic heterocycles. The lowest BCUT2D eigenvalue weighted by Gasteiger charge is -2.27. The van der Waals surface area contributed by atoms with Crippen molar-refractivity contribution < 1.29 is 24.1 Å². The molecule has 0 saturated heterocycles. The zero-order chi connectivity index (χ0) is 19.4. The fourth-order valence-corrected chi connectivity index (χ4v) is 2.98. The Balaban J connectivity index is 2.71. The summed E-state index contributed by atoms with van der Waals surface area (Å²) in [6.45, 7) is 5.44. The molecule has 0 saturated carbocycles. The number of esters is 1. The second-order valence-corrected chi connectivity index (χ2v) is 5.80. The predicted molar refractivity (Wildman–Crippen MR) is 94.3 cm³/mol. The second-order valence-electron chi connectivity index (χ2n) is 5.39. The quantitative estimate of drug-likeness (QED) is 0.756. The van der Waals surface area contributed by atoms with Crippen LogP contribution >= 0.6 is 11.6 Å². The molecule has 0 amide bonds. The number of hydrogen-bond donors (Lipinski definition) is 2. The summed E-state index contributed by atoms with van der Waals surface area (Å²) in [6.07, 6.45) is 0. The fourth-order valence-electron chi connectivity index (χ4n) is 2.72. The SMILES string of the molecule is CCOC(=O)C1=C(C)OC(N)=C(C#N)C1c1cc(OCC)c(O)cc1Cl. The lowest BCUT2D eigenvalue weighted by molar-refractivity contribution is -0.139. The van der Waals surface area contributed by atoms with Crippen LogP contribution in [0.2, 0.25) is 5.02 Å². The summed E-state index contributed by atoms with van der Waals surface area (Å²) in [5.74, 6) is -1.42. The maximum atomic E-state index is 12.5. The lowest BCUT2D eigenvalue weighted by atomic mass is 9.83. The number of nitrogens with zero attached hydrogens (tertiary/aromatic N) is 1. The van der Waals surface area contributed by atoms with E-state index in [1.54, 1.807) is 20.8 Å². The predicted octanol–water partition coefficient (Wildman–Crippen LogP) is 3.09. The van der Waals surface area contributed by atoms with Gasteiger partial charge in [-0.15, -0.1) is 0 Å². The molecule has 1 aromatic rings. The molecule has 1 aliphatic heterocycles. The first-order valence-electron chi connectivity index (χ1n) is 7.96. The average molecular weight is 379 g/mol. The number of phenols is 1. The van der Waals surface area contributed by atoms with E-state index < -0.39 is 11.9 Å².